The minimum Gasteiger partial charge on any atom is -0.362 e. The minimum atomic E-state index is -0.210. The van der Waals surface area contributed by atoms with Gasteiger partial charge in [0.25, 0.3) is 0 Å². The first kappa shape index (κ1) is 19.5. The quantitative estimate of drug-likeness (QED) is 0.575. The molecule has 0 radical (unpaired) electrons. The van der Waals surface area contributed by atoms with Crippen molar-refractivity contribution in [2.75, 3.05) is 11.9 Å². The maximum absolute atomic E-state index is 13.3. The highest BCUT2D eigenvalue weighted by Crippen LogP contribution is 2.40. The van der Waals surface area contributed by atoms with Gasteiger partial charge in [0.05, 0.1) is 10.7 Å². The molecule has 0 amide bonds. The van der Waals surface area contributed by atoms with Crippen LogP contribution < -0.4 is 10.6 Å². The van der Waals surface area contributed by atoms with Crippen LogP contribution in [0.5, 0.6) is 0 Å². The topological polar surface area (TPSA) is 37.0 Å². The molecule has 26 heavy (non-hydrogen) atoms. The van der Waals surface area contributed by atoms with Crippen LogP contribution in [-0.2, 0) is 5.41 Å². The molecule has 3 nitrogen and oxygen atoms in total. The van der Waals surface area contributed by atoms with E-state index in [-0.39, 0.29) is 11.2 Å². The molecule has 1 saturated carbocycles. The van der Waals surface area contributed by atoms with Crippen molar-refractivity contribution in [3.63, 3.8) is 0 Å². The fourth-order valence-corrected chi connectivity index (χ4v) is 4.29. The van der Waals surface area contributed by atoms with Gasteiger partial charge in [0, 0.05) is 16.4 Å². The number of nitrogens with one attached hydrogen (secondary N) is 2. The van der Waals surface area contributed by atoms with Gasteiger partial charge in [0.15, 0.2) is 10.9 Å². The summed E-state index contributed by atoms with van der Waals surface area (Å²) >= 11 is 15.1. The maximum Gasteiger partial charge on any atom is 0.172 e. The predicted octanol–water partition coefficient (Wildman–Crippen LogP) is 5.74. The third-order valence-electron chi connectivity index (χ3n) is 4.94. The van der Waals surface area contributed by atoms with Crippen molar-refractivity contribution < 1.29 is 4.39 Å². The Morgan fingerprint density at radius 2 is 1.96 bits per heavy atom. The monoisotopic (exact) mass is 455 g/mol. The van der Waals surface area contributed by atoms with Gasteiger partial charge in [-0.15, -0.1) is 0 Å². The molecule has 1 aliphatic rings. The summed E-state index contributed by atoms with van der Waals surface area (Å²) in [6.45, 7) is 2.59. The lowest BCUT2D eigenvalue weighted by Gasteiger charge is -2.30. The minimum absolute atomic E-state index is 0.0215. The molecule has 1 aromatic carbocycles. The molecule has 0 unspecified atom stereocenters. The van der Waals surface area contributed by atoms with E-state index in [0.717, 1.165) is 28.6 Å². The first-order valence-corrected chi connectivity index (χ1v) is 10.1. The summed E-state index contributed by atoms with van der Waals surface area (Å²) in [5, 5.41) is 7.36. The van der Waals surface area contributed by atoms with Crippen molar-refractivity contribution in [2.24, 2.45) is 0 Å². The van der Waals surface area contributed by atoms with Crippen LogP contribution in [0.2, 0.25) is 5.02 Å². The molecule has 0 spiro atoms. The molecular weight excluding hydrogens is 437 g/mol. The van der Waals surface area contributed by atoms with Gasteiger partial charge in [-0.3, -0.25) is 0 Å². The van der Waals surface area contributed by atoms with E-state index in [1.807, 2.05) is 19.1 Å². The summed E-state index contributed by atoms with van der Waals surface area (Å²) < 4.78 is 14.1. The summed E-state index contributed by atoms with van der Waals surface area (Å²) in [7, 11) is 0. The number of nitrogens with zero attached hydrogens (tertiary/aromatic N) is 1. The van der Waals surface area contributed by atoms with E-state index in [4.69, 9.17) is 23.8 Å². The van der Waals surface area contributed by atoms with Crippen LogP contribution in [0, 0.1) is 12.7 Å². The van der Waals surface area contributed by atoms with Crippen molar-refractivity contribution in [1.29, 1.82) is 0 Å². The van der Waals surface area contributed by atoms with Crippen LogP contribution in [0.1, 0.15) is 36.9 Å². The highest BCUT2D eigenvalue weighted by molar-refractivity contribution is 9.10. The van der Waals surface area contributed by atoms with Gasteiger partial charge in [0.2, 0.25) is 0 Å². The first-order valence-electron chi connectivity index (χ1n) is 8.53. The van der Waals surface area contributed by atoms with E-state index in [9.17, 15) is 4.39 Å². The zero-order chi connectivity index (χ0) is 18.7. The molecule has 1 fully saturated rings. The van der Waals surface area contributed by atoms with E-state index < -0.39 is 0 Å². The number of anilines is 1. The number of aryl methyl sites for hydroxylation is 1. The molecule has 138 valence electrons. The molecule has 1 heterocycles. The van der Waals surface area contributed by atoms with Gasteiger partial charge in [-0.2, -0.15) is 0 Å². The van der Waals surface area contributed by atoms with Gasteiger partial charge in [-0.25, -0.2) is 9.37 Å². The molecule has 2 aromatic rings. The number of rotatable bonds is 4. The van der Waals surface area contributed by atoms with Crippen molar-refractivity contribution in [3.05, 3.63) is 56.9 Å². The number of benzene rings is 1. The summed E-state index contributed by atoms with van der Waals surface area (Å²) in [6, 6.07) is 8.62. The lowest BCUT2D eigenvalue weighted by Crippen LogP contribution is -2.41. The Morgan fingerprint density at radius 3 is 2.62 bits per heavy atom. The zero-order valence-electron chi connectivity index (χ0n) is 14.4. The zero-order valence-corrected chi connectivity index (χ0v) is 17.6. The summed E-state index contributed by atoms with van der Waals surface area (Å²) in [5.74, 6) is 0.325. The lowest BCUT2D eigenvalue weighted by molar-refractivity contribution is 0.434. The van der Waals surface area contributed by atoms with Gasteiger partial charge >= 0.3 is 0 Å². The van der Waals surface area contributed by atoms with E-state index in [1.165, 1.54) is 25.0 Å². The molecule has 0 bridgehead atoms. The number of hydrogen-bond donors (Lipinski definition) is 2. The highest BCUT2D eigenvalue weighted by atomic mass is 79.9. The fraction of sp³-hybridized carbons (Fsp3) is 0.368. The van der Waals surface area contributed by atoms with Gasteiger partial charge in [0.1, 0.15) is 5.82 Å². The standard InChI is InChI=1S/C19H20BrClFN3S/c1-12-15(20)10-16(21)17(24-12)25-18(26)23-11-19(8-2-3-9-19)13-4-6-14(22)7-5-13/h4-7,10H,2-3,8-9,11H2,1H3,(H2,23,24,25,26). The Morgan fingerprint density at radius 1 is 1.31 bits per heavy atom. The van der Waals surface area contributed by atoms with E-state index in [2.05, 4.69) is 31.5 Å². The normalized spacial score (nSPS) is 15.7. The Labute approximate surface area is 171 Å². The SMILES string of the molecule is Cc1nc(NC(=S)NCC2(c3ccc(F)cc3)CCCC2)c(Cl)cc1Br. The Hall–Kier alpha value is -1.24. The third kappa shape index (κ3) is 4.35. The second-order valence-corrected chi connectivity index (χ2v) is 8.36. The Bertz CT molecular complexity index is 807. The molecule has 2 N–H and O–H groups in total. The van der Waals surface area contributed by atoms with Crippen LogP contribution in [-0.4, -0.2) is 16.6 Å². The van der Waals surface area contributed by atoms with E-state index >= 15 is 0 Å². The molecule has 0 atom stereocenters. The molecular formula is C19H20BrClFN3S. The Balaban J connectivity index is 1.69. The lowest BCUT2D eigenvalue weighted by atomic mass is 9.79. The predicted molar refractivity (Wildman–Crippen MR) is 112 cm³/mol. The second kappa shape index (κ2) is 8.19. The fourth-order valence-electron chi connectivity index (χ4n) is 3.47. The largest absolute Gasteiger partial charge is 0.362 e. The van der Waals surface area contributed by atoms with Gasteiger partial charge < -0.3 is 10.6 Å². The Kier molecular flexibility index (Phi) is 6.15. The number of thiocarbonyl (C=S) groups is 1. The molecule has 3 rings (SSSR count). The average Bonchev–Trinajstić information content (AvgIpc) is 3.09. The van der Waals surface area contributed by atoms with Crippen LogP contribution in [0.4, 0.5) is 10.2 Å². The maximum atomic E-state index is 13.3. The third-order valence-corrected chi connectivity index (χ3v) is 6.28. The van der Waals surface area contributed by atoms with E-state index in [1.54, 1.807) is 6.07 Å². The smallest absolute Gasteiger partial charge is 0.172 e. The molecule has 7 heteroatoms. The second-order valence-electron chi connectivity index (χ2n) is 6.69. The summed E-state index contributed by atoms with van der Waals surface area (Å²) in [5.41, 5.74) is 1.97. The molecule has 1 aliphatic carbocycles. The van der Waals surface area contributed by atoms with Crippen LogP contribution in [0.3, 0.4) is 0 Å². The molecule has 1 aromatic heterocycles. The van der Waals surface area contributed by atoms with Crippen LogP contribution in [0.15, 0.2) is 34.8 Å². The highest BCUT2D eigenvalue weighted by Gasteiger charge is 2.35. The van der Waals surface area contributed by atoms with Gasteiger partial charge in [-0.1, -0.05) is 36.6 Å². The molecule has 0 aliphatic heterocycles. The first-order chi connectivity index (χ1) is 12.4. The average molecular weight is 457 g/mol. The van der Waals surface area contributed by atoms with Crippen molar-refractivity contribution in [1.82, 2.24) is 10.3 Å². The number of pyridine rings is 1. The van der Waals surface area contributed by atoms with Crippen molar-refractivity contribution >= 4 is 50.7 Å². The van der Waals surface area contributed by atoms with Gasteiger partial charge in [-0.05, 0) is 71.7 Å². The molecule has 0 saturated heterocycles. The van der Waals surface area contributed by atoms with Crippen molar-refractivity contribution in [2.45, 2.75) is 38.0 Å². The summed E-state index contributed by atoms with van der Waals surface area (Å²) in [6.07, 6.45) is 4.45. The van der Waals surface area contributed by atoms with Crippen LogP contribution in [0.25, 0.3) is 0 Å². The van der Waals surface area contributed by atoms with E-state index in [0.29, 0.717) is 22.5 Å². The summed E-state index contributed by atoms with van der Waals surface area (Å²) in [4.78, 5) is 4.42. The number of hydrogen-bond acceptors (Lipinski definition) is 2. The van der Waals surface area contributed by atoms with Crippen LogP contribution >= 0.6 is 39.7 Å². The number of aromatic nitrogens is 1. The van der Waals surface area contributed by atoms with Crippen molar-refractivity contribution in [3.8, 4) is 0 Å². The number of halogens is 3.